The summed E-state index contributed by atoms with van der Waals surface area (Å²) < 4.78 is 5.91. The number of carbonyl (C=O) groups is 1. The van der Waals surface area contributed by atoms with Crippen LogP contribution in [0.25, 0.3) is 0 Å². The third kappa shape index (κ3) is 4.03. The SMILES string of the molecule is CCCCOc1nc(C)cc(C)c1CN1CCc2ccc(O)c(Cl)c2C1=O. The number of rotatable bonds is 6. The maximum Gasteiger partial charge on any atom is 0.256 e. The summed E-state index contributed by atoms with van der Waals surface area (Å²) in [5.74, 6) is 0.362. The number of amides is 1. The molecule has 2 aromatic rings. The highest BCUT2D eigenvalue weighted by Gasteiger charge is 2.29. The smallest absolute Gasteiger partial charge is 0.256 e. The molecule has 1 aromatic carbocycles. The fourth-order valence-electron chi connectivity index (χ4n) is 3.36. The van der Waals surface area contributed by atoms with E-state index in [1.54, 1.807) is 11.0 Å². The number of phenols is 1. The quantitative estimate of drug-likeness (QED) is 0.743. The molecule has 6 heteroatoms. The van der Waals surface area contributed by atoms with Gasteiger partial charge in [-0.3, -0.25) is 4.79 Å². The van der Waals surface area contributed by atoms with E-state index in [2.05, 4.69) is 11.9 Å². The Kier molecular flexibility index (Phi) is 5.90. The van der Waals surface area contributed by atoms with Crippen LogP contribution in [0.5, 0.6) is 11.6 Å². The van der Waals surface area contributed by atoms with Gasteiger partial charge in [-0.05, 0) is 49.9 Å². The Balaban J connectivity index is 1.89. The predicted octanol–water partition coefficient (Wildman–Crippen LogP) is 4.43. The first kappa shape index (κ1) is 19.5. The van der Waals surface area contributed by atoms with Gasteiger partial charge >= 0.3 is 0 Å². The van der Waals surface area contributed by atoms with Crippen LogP contribution in [0.3, 0.4) is 0 Å². The van der Waals surface area contributed by atoms with E-state index in [1.807, 2.05) is 19.9 Å². The van der Waals surface area contributed by atoms with Crippen molar-refractivity contribution in [2.45, 2.75) is 46.6 Å². The number of hydrogen-bond acceptors (Lipinski definition) is 4. The van der Waals surface area contributed by atoms with Gasteiger partial charge in [-0.1, -0.05) is 31.0 Å². The normalized spacial score (nSPS) is 13.6. The number of pyridine rings is 1. The van der Waals surface area contributed by atoms with E-state index >= 15 is 0 Å². The first-order chi connectivity index (χ1) is 12.9. The average Bonchev–Trinajstić information content (AvgIpc) is 2.62. The van der Waals surface area contributed by atoms with Gasteiger partial charge in [0.15, 0.2) is 0 Å². The van der Waals surface area contributed by atoms with E-state index in [9.17, 15) is 9.90 Å². The minimum atomic E-state index is -0.170. The lowest BCUT2D eigenvalue weighted by molar-refractivity contribution is 0.0724. The summed E-state index contributed by atoms with van der Waals surface area (Å²) in [6.45, 7) is 7.67. The number of benzene rings is 1. The number of halogens is 1. The molecule has 0 saturated carbocycles. The van der Waals surface area contributed by atoms with Crippen molar-refractivity contribution >= 4 is 17.5 Å². The van der Waals surface area contributed by atoms with Crippen LogP contribution >= 0.6 is 11.6 Å². The Morgan fingerprint density at radius 3 is 2.85 bits per heavy atom. The molecule has 0 radical (unpaired) electrons. The number of aromatic hydroxyl groups is 1. The number of fused-ring (bicyclic) bond motifs is 1. The highest BCUT2D eigenvalue weighted by atomic mass is 35.5. The first-order valence-corrected chi connectivity index (χ1v) is 9.69. The van der Waals surface area contributed by atoms with E-state index < -0.39 is 0 Å². The van der Waals surface area contributed by atoms with Crippen LogP contribution in [0.1, 0.15) is 52.5 Å². The molecule has 144 valence electrons. The summed E-state index contributed by atoms with van der Waals surface area (Å²) in [5.41, 5.74) is 4.14. The number of nitrogens with zero attached hydrogens (tertiary/aromatic N) is 2. The van der Waals surface area contributed by atoms with Gasteiger partial charge in [0.1, 0.15) is 5.75 Å². The molecule has 0 bridgehead atoms. The largest absolute Gasteiger partial charge is 0.506 e. The Hall–Kier alpha value is -2.27. The van der Waals surface area contributed by atoms with Gasteiger partial charge in [-0.15, -0.1) is 0 Å². The lowest BCUT2D eigenvalue weighted by atomic mass is 9.97. The molecule has 0 atom stereocenters. The van der Waals surface area contributed by atoms with E-state index in [1.165, 1.54) is 6.07 Å². The van der Waals surface area contributed by atoms with Crippen molar-refractivity contribution in [2.24, 2.45) is 0 Å². The summed E-state index contributed by atoms with van der Waals surface area (Å²) >= 11 is 6.21. The van der Waals surface area contributed by atoms with Crippen LogP contribution in [0.4, 0.5) is 0 Å². The summed E-state index contributed by atoms with van der Waals surface area (Å²) in [5, 5.41) is 10.0. The number of hydrogen-bond donors (Lipinski definition) is 1. The summed E-state index contributed by atoms with van der Waals surface area (Å²) in [7, 11) is 0. The molecule has 0 aliphatic carbocycles. The fraction of sp³-hybridized carbons (Fsp3) is 0.429. The molecule has 0 spiro atoms. The second kappa shape index (κ2) is 8.17. The van der Waals surface area contributed by atoms with Crippen LogP contribution in [0.15, 0.2) is 18.2 Å². The molecule has 1 amide bonds. The number of aryl methyl sites for hydroxylation is 2. The second-order valence-corrected chi connectivity index (χ2v) is 7.35. The van der Waals surface area contributed by atoms with Crippen molar-refractivity contribution in [1.82, 2.24) is 9.88 Å². The standard InChI is InChI=1S/C21H25ClN2O3/c1-4-5-10-27-20-16(13(2)11-14(3)23-20)12-24-9-8-15-6-7-17(25)19(22)18(15)21(24)26/h6-7,11,25H,4-5,8-10,12H2,1-3H3. The van der Waals surface area contributed by atoms with Gasteiger partial charge in [-0.2, -0.15) is 0 Å². The zero-order chi connectivity index (χ0) is 19.6. The van der Waals surface area contributed by atoms with Gasteiger partial charge in [0, 0.05) is 17.8 Å². The zero-order valence-corrected chi connectivity index (χ0v) is 16.8. The van der Waals surface area contributed by atoms with Crippen LogP contribution in [-0.2, 0) is 13.0 Å². The molecule has 1 N–H and O–H groups in total. The van der Waals surface area contributed by atoms with E-state index in [4.69, 9.17) is 16.3 Å². The third-order valence-electron chi connectivity index (χ3n) is 4.88. The Bertz CT molecular complexity index is 867. The molecule has 1 aliphatic rings. The minimum absolute atomic E-state index is 0.0672. The number of phenolic OH excluding ortho intramolecular Hbond substituents is 1. The third-order valence-corrected chi connectivity index (χ3v) is 5.27. The molecular weight excluding hydrogens is 364 g/mol. The van der Waals surface area contributed by atoms with Crippen molar-refractivity contribution in [3.8, 4) is 11.6 Å². The molecule has 1 aromatic heterocycles. The Labute approximate surface area is 164 Å². The first-order valence-electron chi connectivity index (χ1n) is 9.32. The van der Waals surface area contributed by atoms with Crippen molar-refractivity contribution in [1.29, 1.82) is 0 Å². The van der Waals surface area contributed by atoms with Crippen molar-refractivity contribution in [3.05, 3.63) is 51.2 Å². The van der Waals surface area contributed by atoms with Gasteiger partial charge in [0.05, 0.1) is 23.7 Å². The van der Waals surface area contributed by atoms with Crippen molar-refractivity contribution in [2.75, 3.05) is 13.2 Å². The Morgan fingerprint density at radius 2 is 2.11 bits per heavy atom. The molecule has 2 heterocycles. The second-order valence-electron chi connectivity index (χ2n) is 6.98. The lowest BCUT2D eigenvalue weighted by Crippen LogP contribution is -2.37. The predicted molar refractivity (Wildman–Crippen MR) is 106 cm³/mol. The highest BCUT2D eigenvalue weighted by molar-refractivity contribution is 6.35. The van der Waals surface area contributed by atoms with Gasteiger partial charge in [0.2, 0.25) is 5.88 Å². The van der Waals surface area contributed by atoms with Crippen LogP contribution in [-0.4, -0.2) is 34.0 Å². The zero-order valence-electron chi connectivity index (χ0n) is 16.0. The number of aromatic nitrogens is 1. The van der Waals surface area contributed by atoms with Crippen molar-refractivity contribution in [3.63, 3.8) is 0 Å². The van der Waals surface area contributed by atoms with Crippen LogP contribution in [0, 0.1) is 13.8 Å². The molecule has 3 rings (SSSR count). The molecule has 1 aliphatic heterocycles. The minimum Gasteiger partial charge on any atom is -0.506 e. The van der Waals surface area contributed by atoms with E-state index in [0.29, 0.717) is 37.6 Å². The van der Waals surface area contributed by atoms with Gasteiger partial charge < -0.3 is 14.7 Å². The van der Waals surface area contributed by atoms with E-state index in [-0.39, 0.29) is 16.7 Å². The summed E-state index contributed by atoms with van der Waals surface area (Å²) in [6.07, 6.45) is 2.70. The molecule has 0 saturated heterocycles. The maximum atomic E-state index is 13.0. The topological polar surface area (TPSA) is 62.7 Å². The molecule has 5 nitrogen and oxygen atoms in total. The van der Waals surface area contributed by atoms with Gasteiger partial charge in [-0.25, -0.2) is 4.98 Å². The molecule has 0 fully saturated rings. The Morgan fingerprint density at radius 1 is 1.33 bits per heavy atom. The van der Waals surface area contributed by atoms with Crippen molar-refractivity contribution < 1.29 is 14.6 Å². The fourth-order valence-corrected chi connectivity index (χ4v) is 3.62. The maximum absolute atomic E-state index is 13.0. The number of ether oxygens (including phenoxy) is 1. The van der Waals surface area contributed by atoms with Crippen LogP contribution < -0.4 is 4.74 Å². The number of carbonyl (C=O) groups excluding carboxylic acids is 1. The van der Waals surface area contributed by atoms with Gasteiger partial charge in [0.25, 0.3) is 5.91 Å². The molecule has 27 heavy (non-hydrogen) atoms. The summed E-state index contributed by atoms with van der Waals surface area (Å²) in [4.78, 5) is 19.3. The number of unbranched alkanes of at least 4 members (excludes halogenated alkanes) is 1. The van der Waals surface area contributed by atoms with E-state index in [0.717, 1.165) is 35.2 Å². The molecule has 0 unspecified atom stereocenters. The highest BCUT2D eigenvalue weighted by Crippen LogP contribution is 2.34. The monoisotopic (exact) mass is 388 g/mol. The molecular formula is C21H25ClN2O3. The summed E-state index contributed by atoms with van der Waals surface area (Å²) in [6, 6.07) is 5.31. The average molecular weight is 389 g/mol. The van der Waals surface area contributed by atoms with Crippen LogP contribution in [0.2, 0.25) is 5.02 Å². The lowest BCUT2D eigenvalue weighted by Gasteiger charge is -2.30.